The van der Waals surface area contributed by atoms with Crippen molar-refractivity contribution in [3.63, 3.8) is 0 Å². The van der Waals surface area contributed by atoms with E-state index in [4.69, 9.17) is 5.73 Å². The average molecular weight is 313 g/mol. The highest BCUT2D eigenvalue weighted by molar-refractivity contribution is 7.89. The van der Waals surface area contributed by atoms with E-state index in [-0.39, 0.29) is 6.04 Å². The normalized spacial score (nSPS) is 13.9. The van der Waals surface area contributed by atoms with Gasteiger partial charge in [-0.3, -0.25) is 0 Å². The molecule has 120 valence electrons. The molecule has 1 atom stereocenters. The van der Waals surface area contributed by atoms with Crippen LogP contribution >= 0.6 is 0 Å². The van der Waals surface area contributed by atoms with Crippen LogP contribution in [0.4, 0.5) is 0 Å². The zero-order chi connectivity index (χ0) is 16.0. The number of likely N-dealkylation sites (N-methyl/N-ethyl adjacent to an activating group) is 1. The predicted molar refractivity (Wildman–Crippen MR) is 86.6 cm³/mol. The Morgan fingerprint density at radius 3 is 2.10 bits per heavy atom. The second kappa shape index (κ2) is 7.89. The van der Waals surface area contributed by atoms with E-state index in [2.05, 4.69) is 0 Å². The van der Waals surface area contributed by atoms with Crippen molar-refractivity contribution in [2.24, 2.45) is 5.73 Å². The van der Waals surface area contributed by atoms with Crippen LogP contribution in [0.1, 0.15) is 31.9 Å². The van der Waals surface area contributed by atoms with Crippen molar-refractivity contribution >= 4 is 10.0 Å². The number of nitrogens with two attached hydrogens (primary N) is 1. The highest BCUT2D eigenvalue weighted by Crippen LogP contribution is 2.18. The third-order valence-electron chi connectivity index (χ3n) is 3.31. The predicted octanol–water partition coefficient (Wildman–Crippen LogP) is 1.67. The van der Waals surface area contributed by atoms with Crippen molar-refractivity contribution in [1.82, 2.24) is 9.21 Å². The van der Waals surface area contributed by atoms with E-state index in [1.807, 2.05) is 32.8 Å². The maximum Gasteiger partial charge on any atom is 0.243 e. The third kappa shape index (κ3) is 5.07. The molecule has 1 aromatic rings. The van der Waals surface area contributed by atoms with Crippen LogP contribution in [-0.2, 0) is 10.0 Å². The van der Waals surface area contributed by atoms with Crippen LogP contribution in [0.25, 0.3) is 0 Å². The molecule has 5 nitrogen and oxygen atoms in total. The Kier molecular flexibility index (Phi) is 6.80. The molecule has 1 rings (SSSR count). The lowest BCUT2D eigenvalue weighted by atomic mass is 10.1. The first-order valence-corrected chi connectivity index (χ1v) is 8.73. The fourth-order valence-electron chi connectivity index (χ4n) is 2.01. The smallest absolute Gasteiger partial charge is 0.243 e. The Morgan fingerprint density at radius 1 is 1.10 bits per heavy atom. The molecule has 0 aromatic heterocycles. The Hall–Kier alpha value is -0.950. The standard InChI is InChI=1S/C15H27N3O2S/c1-5-10-18(12-11-17(3)4)21(19,20)15-8-6-14(7-9-15)13(2)16/h6-9,13H,5,10-12,16H2,1-4H3. The molecule has 2 N–H and O–H groups in total. The first kappa shape index (κ1) is 18.1. The second-order valence-corrected chi connectivity index (χ2v) is 7.50. The summed E-state index contributed by atoms with van der Waals surface area (Å²) in [6, 6.07) is 6.77. The molecule has 0 aliphatic rings. The number of rotatable bonds is 8. The van der Waals surface area contributed by atoms with Crippen LogP contribution < -0.4 is 5.73 Å². The summed E-state index contributed by atoms with van der Waals surface area (Å²) in [5.74, 6) is 0. The van der Waals surface area contributed by atoms with Gasteiger partial charge in [0, 0.05) is 25.7 Å². The minimum absolute atomic E-state index is 0.0951. The maximum absolute atomic E-state index is 12.7. The first-order chi connectivity index (χ1) is 9.78. The summed E-state index contributed by atoms with van der Waals surface area (Å²) in [6.45, 7) is 5.60. The summed E-state index contributed by atoms with van der Waals surface area (Å²) in [5, 5.41) is 0. The number of hydrogen-bond acceptors (Lipinski definition) is 4. The van der Waals surface area contributed by atoms with E-state index in [0.29, 0.717) is 24.5 Å². The summed E-state index contributed by atoms with van der Waals surface area (Å²) in [4.78, 5) is 2.32. The molecule has 0 bridgehead atoms. The summed E-state index contributed by atoms with van der Waals surface area (Å²) in [7, 11) is 0.442. The van der Waals surface area contributed by atoms with Gasteiger partial charge < -0.3 is 10.6 Å². The fourth-order valence-corrected chi connectivity index (χ4v) is 3.53. The highest BCUT2D eigenvalue weighted by Gasteiger charge is 2.23. The molecule has 0 radical (unpaired) electrons. The monoisotopic (exact) mass is 313 g/mol. The Balaban J connectivity index is 2.98. The Bertz CT molecular complexity index is 524. The molecular formula is C15H27N3O2S. The van der Waals surface area contributed by atoms with Crippen molar-refractivity contribution in [3.05, 3.63) is 29.8 Å². The minimum atomic E-state index is -3.44. The summed E-state index contributed by atoms with van der Waals surface area (Å²) in [6.07, 6.45) is 0.796. The van der Waals surface area contributed by atoms with Gasteiger partial charge in [-0.05, 0) is 45.1 Å². The number of hydrogen-bond donors (Lipinski definition) is 1. The van der Waals surface area contributed by atoms with E-state index in [1.54, 1.807) is 28.6 Å². The van der Waals surface area contributed by atoms with Crippen molar-refractivity contribution in [3.8, 4) is 0 Å². The van der Waals surface area contributed by atoms with Gasteiger partial charge in [-0.15, -0.1) is 0 Å². The average Bonchev–Trinajstić information content (AvgIpc) is 2.43. The van der Waals surface area contributed by atoms with Gasteiger partial charge in [0.05, 0.1) is 4.90 Å². The van der Waals surface area contributed by atoms with Gasteiger partial charge >= 0.3 is 0 Å². The molecule has 0 spiro atoms. The van der Waals surface area contributed by atoms with Crippen LogP contribution in [0, 0.1) is 0 Å². The fraction of sp³-hybridized carbons (Fsp3) is 0.600. The molecule has 0 saturated heterocycles. The molecule has 0 amide bonds. The van der Waals surface area contributed by atoms with Crippen LogP contribution in [-0.4, -0.2) is 51.4 Å². The first-order valence-electron chi connectivity index (χ1n) is 7.29. The second-order valence-electron chi connectivity index (χ2n) is 5.57. The molecule has 0 aliphatic heterocycles. The van der Waals surface area contributed by atoms with Gasteiger partial charge in [0.15, 0.2) is 0 Å². The van der Waals surface area contributed by atoms with Crippen molar-refractivity contribution in [2.75, 3.05) is 33.7 Å². The van der Waals surface area contributed by atoms with Gasteiger partial charge in [0.2, 0.25) is 10.0 Å². The van der Waals surface area contributed by atoms with E-state index >= 15 is 0 Å². The SMILES string of the molecule is CCCN(CCN(C)C)S(=O)(=O)c1ccc(C(C)N)cc1. The zero-order valence-corrected chi connectivity index (χ0v) is 14.2. The number of sulfonamides is 1. The molecule has 21 heavy (non-hydrogen) atoms. The van der Waals surface area contributed by atoms with Gasteiger partial charge in [-0.1, -0.05) is 19.1 Å². The summed E-state index contributed by atoms with van der Waals surface area (Å²) >= 11 is 0. The van der Waals surface area contributed by atoms with Gasteiger partial charge in [0.1, 0.15) is 0 Å². The molecule has 0 fully saturated rings. The maximum atomic E-state index is 12.7. The summed E-state index contributed by atoms with van der Waals surface area (Å²) < 4.78 is 26.9. The Labute approximate surface area is 128 Å². The van der Waals surface area contributed by atoms with Crippen LogP contribution in [0.3, 0.4) is 0 Å². The molecule has 1 unspecified atom stereocenters. The number of nitrogens with zero attached hydrogens (tertiary/aromatic N) is 2. The van der Waals surface area contributed by atoms with E-state index in [9.17, 15) is 8.42 Å². The Morgan fingerprint density at radius 2 is 1.67 bits per heavy atom. The highest BCUT2D eigenvalue weighted by atomic mass is 32.2. The van der Waals surface area contributed by atoms with Crippen LogP contribution in [0.15, 0.2) is 29.2 Å². The van der Waals surface area contributed by atoms with E-state index in [0.717, 1.165) is 12.0 Å². The van der Waals surface area contributed by atoms with E-state index < -0.39 is 10.0 Å². The van der Waals surface area contributed by atoms with Crippen molar-refractivity contribution < 1.29 is 8.42 Å². The molecule has 0 heterocycles. The summed E-state index contributed by atoms with van der Waals surface area (Å²) in [5.41, 5.74) is 6.73. The lowest BCUT2D eigenvalue weighted by Gasteiger charge is -2.23. The molecule has 1 aromatic carbocycles. The lowest BCUT2D eigenvalue weighted by molar-refractivity contribution is 0.333. The quantitative estimate of drug-likeness (QED) is 0.793. The van der Waals surface area contributed by atoms with Gasteiger partial charge in [-0.25, -0.2) is 8.42 Å². The van der Waals surface area contributed by atoms with Crippen LogP contribution in [0.2, 0.25) is 0 Å². The third-order valence-corrected chi connectivity index (χ3v) is 5.23. The molecule has 6 heteroatoms. The van der Waals surface area contributed by atoms with Gasteiger partial charge in [0.25, 0.3) is 0 Å². The number of benzene rings is 1. The van der Waals surface area contributed by atoms with Crippen molar-refractivity contribution in [2.45, 2.75) is 31.2 Å². The van der Waals surface area contributed by atoms with E-state index in [1.165, 1.54) is 0 Å². The molecular weight excluding hydrogens is 286 g/mol. The lowest BCUT2D eigenvalue weighted by Crippen LogP contribution is -2.37. The molecule has 0 saturated carbocycles. The largest absolute Gasteiger partial charge is 0.324 e. The minimum Gasteiger partial charge on any atom is -0.324 e. The van der Waals surface area contributed by atoms with Crippen molar-refractivity contribution in [1.29, 1.82) is 0 Å². The van der Waals surface area contributed by atoms with Gasteiger partial charge in [-0.2, -0.15) is 4.31 Å². The molecule has 0 aliphatic carbocycles. The zero-order valence-electron chi connectivity index (χ0n) is 13.4. The topological polar surface area (TPSA) is 66.6 Å². The van der Waals surface area contributed by atoms with Crippen LogP contribution in [0.5, 0.6) is 0 Å².